The number of rotatable bonds is 3. The Hall–Kier alpha value is -0.780. The molecule has 0 aliphatic rings. The van der Waals surface area contributed by atoms with Gasteiger partial charge in [0, 0.05) is 25.4 Å². The average molecular weight is 256 g/mol. The molecule has 1 rings (SSSR count). The van der Waals surface area contributed by atoms with Crippen molar-refractivity contribution in [3.8, 4) is 0 Å². The van der Waals surface area contributed by atoms with E-state index < -0.39 is 12.0 Å². The lowest BCUT2D eigenvalue weighted by Gasteiger charge is -2.08. The van der Waals surface area contributed by atoms with E-state index in [2.05, 4.69) is 9.72 Å². The molecule has 0 spiro atoms. The molecular formula is C8H15Cl2N3O2. The maximum Gasteiger partial charge on any atom is 0.323 e. The number of nitrogens with two attached hydrogens (primary N) is 1. The molecule has 15 heavy (non-hydrogen) atoms. The third-order valence-electron chi connectivity index (χ3n) is 1.85. The van der Waals surface area contributed by atoms with Crippen molar-refractivity contribution in [1.82, 2.24) is 9.55 Å². The van der Waals surface area contributed by atoms with E-state index in [4.69, 9.17) is 5.73 Å². The molecule has 5 nitrogen and oxygen atoms in total. The molecule has 7 heteroatoms. The van der Waals surface area contributed by atoms with Gasteiger partial charge in [-0.25, -0.2) is 4.98 Å². The van der Waals surface area contributed by atoms with Gasteiger partial charge in [-0.3, -0.25) is 4.79 Å². The first kappa shape index (κ1) is 16.6. The van der Waals surface area contributed by atoms with Crippen LogP contribution in [0.5, 0.6) is 0 Å². The van der Waals surface area contributed by atoms with Crippen LogP contribution in [0.15, 0.2) is 12.5 Å². The van der Waals surface area contributed by atoms with Crippen LogP contribution >= 0.6 is 24.8 Å². The van der Waals surface area contributed by atoms with E-state index in [-0.39, 0.29) is 24.8 Å². The molecule has 0 radical (unpaired) electrons. The second-order valence-electron chi connectivity index (χ2n) is 2.83. The summed E-state index contributed by atoms with van der Waals surface area (Å²) < 4.78 is 6.33. The van der Waals surface area contributed by atoms with Crippen LogP contribution < -0.4 is 5.73 Å². The predicted octanol–water partition coefficient (Wildman–Crippen LogP) is 0.306. The summed E-state index contributed by atoms with van der Waals surface area (Å²) in [7, 11) is 3.18. The zero-order valence-electron chi connectivity index (χ0n) is 8.54. The van der Waals surface area contributed by atoms with Crippen LogP contribution in [0.3, 0.4) is 0 Å². The van der Waals surface area contributed by atoms with Gasteiger partial charge in [0.1, 0.15) is 6.04 Å². The maximum atomic E-state index is 11.0. The van der Waals surface area contributed by atoms with Crippen molar-refractivity contribution in [3.63, 3.8) is 0 Å². The van der Waals surface area contributed by atoms with E-state index in [1.54, 1.807) is 12.5 Å². The zero-order chi connectivity index (χ0) is 9.84. The van der Waals surface area contributed by atoms with Gasteiger partial charge in [0.05, 0.1) is 13.4 Å². The number of carbonyl (C=O) groups is 1. The van der Waals surface area contributed by atoms with Crippen LogP contribution in [-0.2, 0) is 23.0 Å². The fraction of sp³-hybridized carbons (Fsp3) is 0.500. The number of aromatic nitrogens is 2. The van der Waals surface area contributed by atoms with Gasteiger partial charge in [-0.1, -0.05) is 0 Å². The fourth-order valence-corrected chi connectivity index (χ4v) is 1.04. The Morgan fingerprint density at radius 2 is 2.27 bits per heavy atom. The summed E-state index contributed by atoms with van der Waals surface area (Å²) in [4.78, 5) is 14.9. The Labute approximate surface area is 101 Å². The van der Waals surface area contributed by atoms with E-state index in [0.29, 0.717) is 6.42 Å². The summed E-state index contributed by atoms with van der Waals surface area (Å²) in [5.74, 6) is -0.402. The van der Waals surface area contributed by atoms with E-state index >= 15 is 0 Å². The molecule has 88 valence electrons. The largest absolute Gasteiger partial charge is 0.468 e. The van der Waals surface area contributed by atoms with Crippen molar-refractivity contribution in [1.29, 1.82) is 0 Å². The SMILES string of the molecule is COC(=O)C(N)Cc1cncn1C.Cl.Cl. The number of esters is 1. The van der Waals surface area contributed by atoms with Crippen molar-refractivity contribution >= 4 is 30.8 Å². The van der Waals surface area contributed by atoms with Gasteiger partial charge in [-0.2, -0.15) is 0 Å². The van der Waals surface area contributed by atoms with E-state index in [1.807, 2.05) is 11.6 Å². The molecule has 0 aliphatic carbocycles. The molecule has 1 unspecified atom stereocenters. The number of hydrogen-bond donors (Lipinski definition) is 1. The maximum absolute atomic E-state index is 11.0. The molecule has 0 aromatic carbocycles. The Morgan fingerprint density at radius 3 is 2.67 bits per heavy atom. The monoisotopic (exact) mass is 255 g/mol. The van der Waals surface area contributed by atoms with E-state index in [0.717, 1.165) is 5.69 Å². The van der Waals surface area contributed by atoms with Crippen LogP contribution in [0.4, 0.5) is 0 Å². The van der Waals surface area contributed by atoms with Crippen molar-refractivity contribution in [3.05, 3.63) is 18.2 Å². The van der Waals surface area contributed by atoms with Gasteiger partial charge < -0.3 is 15.0 Å². The molecule has 0 bridgehead atoms. The summed E-state index contributed by atoms with van der Waals surface area (Å²) in [6.45, 7) is 0. The number of imidazole rings is 1. The number of carbonyl (C=O) groups excluding carboxylic acids is 1. The van der Waals surface area contributed by atoms with Gasteiger partial charge in [-0.05, 0) is 0 Å². The van der Waals surface area contributed by atoms with Crippen LogP contribution in [0.1, 0.15) is 5.69 Å². The normalized spacial score (nSPS) is 10.9. The van der Waals surface area contributed by atoms with Gasteiger partial charge in [0.15, 0.2) is 0 Å². The topological polar surface area (TPSA) is 70.1 Å². The van der Waals surface area contributed by atoms with Crippen LogP contribution in [0.2, 0.25) is 0 Å². The van der Waals surface area contributed by atoms with Gasteiger partial charge in [-0.15, -0.1) is 24.8 Å². The second kappa shape index (κ2) is 7.50. The molecular weight excluding hydrogens is 241 g/mol. The zero-order valence-corrected chi connectivity index (χ0v) is 10.2. The third-order valence-corrected chi connectivity index (χ3v) is 1.85. The van der Waals surface area contributed by atoms with Crippen LogP contribution in [0, 0.1) is 0 Å². The Morgan fingerprint density at radius 1 is 1.67 bits per heavy atom. The molecule has 0 saturated heterocycles. The van der Waals surface area contributed by atoms with Crippen LogP contribution in [-0.4, -0.2) is 28.7 Å². The Kier molecular flexibility index (Phi) is 8.33. The first-order chi connectivity index (χ1) is 6.15. The molecule has 1 aromatic rings. The number of nitrogens with zero attached hydrogens (tertiary/aromatic N) is 2. The molecule has 1 heterocycles. The molecule has 0 amide bonds. The number of methoxy groups -OCH3 is 1. The molecule has 0 aliphatic heterocycles. The first-order valence-electron chi connectivity index (χ1n) is 3.93. The smallest absolute Gasteiger partial charge is 0.323 e. The molecule has 2 N–H and O–H groups in total. The number of halogens is 2. The van der Waals surface area contributed by atoms with Gasteiger partial charge in [0.2, 0.25) is 0 Å². The highest BCUT2D eigenvalue weighted by atomic mass is 35.5. The first-order valence-corrected chi connectivity index (χ1v) is 3.93. The van der Waals surface area contributed by atoms with E-state index in [1.165, 1.54) is 7.11 Å². The lowest BCUT2D eigenvalue weighted by Crippen LogP contribution is -2.34. The average Bonchev–Trinajstić information content (AvgIpc) is 2.50. The number of ether oxygens (including phenoxy) is 1. The molecule has 0 fully saturated rings. The second-order valence-corrected chi connectivity index (χ2v) is 2.83. The lowest BCUT2D eigenvalue weighted by molar-refractivity contribution is -0.142. The summed E-state index contributed by atoms with van der Waals surface area (Å²) in [6.07, 6.45) is 3.80. The number of aryl methyl sites for hydroxylation is 1. The Bertz CT molecular complexity index is 304. The summed E-state index contributed by atoms with van der Waals surface area (Å²) in [5.41, 5.74) is 6.49. The minimum atomic E-state index is -0.611. The van der Waals surface area contributed by atoms with Gasteiger partial charge >= 0.3 is 5.97 Å². The minimum absolute atomic E-state index is 0. The molecule has 1 atom stereocenters. The summed E-state index contributed by atoms with van der Waals surface area (Å²) >= 11 is 0. The summed E-state index contributed by atoms with van der Waals surface area (Å²) in [5, 5.41) is 0. The highest BCUT2D eigenvalue weighted by Crippen LogP contribution is 2.00. The highest BCUT2D eigenvalue weighted by Gasteiger charge is 2.15. The Balaban J connectivity index is 0. The summed E-state index contributed by atoms with van der Waals surface area (Å²) in [6, 6.07) is -0.611. The van der Waals surface area contributed by atoms with Crippen molar-refractivity contribution in [2.45, 2.75) is 12.5 Å². The van der Waals surface area contributed by atoms with Crippen LogP contribution in [0.25, 0.3) is 0 Å². The van der Waals surface area contributed by atoms with Gasteiger partial charge in [0.25, 0.3) is 0 Å². The highest BCUT2D eigenvalue weighted by molar-refractivity contribution is 5.85. The fourth-order valence-electron chi connectivity index (χ4n) is 1.04. The molecule has 1 aromatic heterocycles. The van der Waals surface area contributed by atoms with Crippen molar-refractivity contribution in [2.24, 2.45) is 12.8 Å². The predicted molar refractivity (Wildman–Crippen MR) is 61.4 cm³/mol. The van der Waals surface area contributed by atoms with Crippen molar-refractivity contribution < 1.29 is 9.53 Å². The number of hydrogen-bond acceptors (Lipinski definition) is 4. The van der Waals surface area contributed by atoms with E-state index in [9.17, 15) is 4.79 Å². The standard InChI is InChI=1S/C8H13N3O2.2ClH/c1-11-5-10-4-6(11)3-7(9)8(12)13-2;;/h4-5,7H,3,9H2,1-2H3;2*1H. The lowest BCUT2D eigenvalue weighted by atomic mass is 10.2. The quantitative estimate of drug-likeness (QED) is 0.790. The minimum Gasteiger partial charge on any atom is -0.468 e. The van der Waals surface area contributed by atoms with Crippen molar-refractivity contribution in [2.75, 3.05) is 7.11 Å². The molecule has 0 saturated carbocycles. The third kappa shape index (κ3) is 4.51.